The van der Waals surface area contributed by atoms with Crippen LogP contribution in [0, 0.1) is 0 Å². The van der Waals surface area contributed by atoms with E-state index >= 15 is 0 Å². The number of aliphatic carboxylic acids is 1. The number of carbonyl (C=O) groups excluding carboxylic acids is 1. The van der Waals surface area contributed by atoms with Crippen LogP contribution in [-0.4, -0.2) is 42.3 Å². The first kappa shape index (κ1) is 20.8. The lowest BCUT2D eigenvalue weighted by Gasteiger charge is -2.17. The average molecular weight is 387 g/mol. The highest BCUT2D eigenvalue weighted by Gasteiger charge is 2.22. The van der Waals surface area contributed by atoms with Crippen LogP contribution in [0.2, 0.25) is 0 Å². The molecule has 8 nitrogen and oxygen atoms in total. The molecular weight excluding hydrogens is 366 g/mol. The molecule has 0 unspecified atom stereocenters. The molecule has 0 aromatic heterocycles. The molecule has 2 aromatic carbocycles. The zero-order valence-electron chi connectivity index (χ0n) is 15.5. The Bertz CT molecular complexity index is 864. The summed E-state index contributed by atoms with van der Waals surface area (Å²) in [5.74, 6) is -2.86. The maximum atomic E-state index is 12.5. The normalized spacial score (nSPS) is 11.4. The number of aromatic carboxylic acids is 1. The fourth-order valence-corrected chi connectivity index (χ4v) is 2.83. The van der Waals surface area contributed by atoms with Gasteiger partial charge in [0.15, 0.2) is 11.5 Å². The fourth-order valence-electron chi connectivity index (χ4n) is 2.83. The van der Waals surface area contributed by atoms with E-state index in [0.717, 1.165) is 0 Å². The average Bonchev–Trinajstić information content (AvgIpc) is 2.67. The number of hydrogen-bond acceptors (Lipinski definition) is 5. The lowest BCUT2D eigenvalue weighted by Crippen LogP contribution is -2.19. The molecule has 0 fully saturated rings. The monoisotopic (exact) mass is 387 g/mol. The first-order chi connectivity index (χ1) is 13.3. The molecule has 2 rings (SSSR count). The van der Waals surface area contributed by atoms with Gasteiger partial charge in [0.05, 0.1) is 31.9 Å². The molecule has 0 aliphatic carbocycles. The Balaban J connectivity index is 2.27. The predicted molar refractivity (Wildman–Crippen MR) is 101 cm³/mol. The summed E-state index contributed by atoms with van der Waals surface area (Å²) in [4.78, 5) is 35.3. The van der Waals surface area contributed by atoms with Crippen molar-refractivity contribution in [3.63, 3.8) is 0 Å². The minimum Gasteiger partial charge on any atom is -0.493 e. The van der Waals surface area contributed by atoms with Crippen LogP contribution >= 0.6 is 0 Å². The number of nitrogens with one attached hydrogen (secondary N) is 1. The van der Waals surface area contributed by atoms with E-state index < -0.39 is 23.8 Å². The third kappa shape index (κ3) is 5.23. The largest absolute Gasteiger partial charge is 0.493 e. The number of carbonyl (C=O) groups is 3. The number of amides is 1. The van der Waals surface area contributed by atoms with Gasteiger partial charge in [-0.05, 0) is 5.56 Å². The van der Waals surface area contributed by atoms with Gasteiger partial charge >= 0.3 is 11.9 Å². The van der Waals surface area contributed by atoms with E-state index in [4.69, 9.17) is 14.6 Å². The molecule has 0 saturated heterocycles. The maximum absolute atomic E-state index is 12.5. The summed E-state index contributed by atoms with van der Waals surface area (Å²) in [6.07, 6.45) is -0.348. The van der Waals surface area contributed by atoms with Crippen LogP contribution in [0.1, 0.15) is 34.7 Å². The van der Waals surface area contributed by atoms with Gasteiger partial charge in [-0.3, -0.25) is 9.59 Å². The van der Waals surface area contributed by atoms with Crippen LogP contribution in [0.4, 0.5) is 5.69 Å². The van der Waals surface area contributed by atoms with Crippen molar-refractivity contribution in [1.82, 2.24) is 0 Å². The quantitative estimate of drug-likeness (QED) is 0.604. The molecule has 0 heterocycles. The maximum Gasteiger partial charge on any atom is 0.337 e. The van der Waals surface area contributed by atoms with Crippen LogP contribution in [-0.2, 0) is 9.59 Å². The van der Waals surface area contributed by atoms with Crippen molar-refractivity contribution in [2.45, 2.75) is 18.8 Å². The second-order valence-electron chi connectivity index (χ2n) is 6.02. The molecule has 1 amide bonds. The fraction of sp³-hybridized carbons (Fsp3) is 0.250. The third-order valence-corrected chi connectivity index (χ3v) is 4.15. The number of anilines is 1. The predicted octanol–water partition coefficient (Wildman–Crippen LogP) is 2.99. The summed E-state index contributed by atoms with van der Waals surface area (Å²) in [6.45, 7) is 0. The lowest BCUT2D eigenvalue weighted by atomic mass is 9.92. The summed E-state index contributed by atoms with van der Waals surface area (Å²) in [5, 5.41) is 21.1. The Morgan fingerprint density at radius 1 is 0.964 bits per heavy atom. The number of carboxylic acids is 2. The Kier molecular flexibility index (Phi) is 6.97. The van der Waals surface area contributed by atoms with Crippen LogP contribution < -0.4 is 14.8 Å². The van der Waals surface area contributed by atoms with Gasteiger partial charge in [0, 0.05) is 24.5 Å². The minimum atomic E-state index is -1.25. The highest BCUT2D eigenvalue weighted by molar-refractivity contribution is 6.01. The van der Waals surface area contributed by atoms with Gasteiger partial charge in [-0.1, -0.05) is 30.3 Å². The topological polar surface area (TPSA) is 122 Å². The van der Waals surface area contributed by atoms with Gasteiger partial charge in [-0.2, -0.15) is 0 Å². The van der Waals surface area contributed by atoms with Crippen molar-refractivity contribution in [2.24, 2.45) is 0 Å². The smallest absolute Gasteiger partial charge is 0.337 e. The molecule has 0 saturated carbocycles. The second kappa shape index (κ2) is 9.40. The van der Waals surface area contributed by atoms with Crippen LogP contribution in [0.5, 0.6) is 11.5 Å². The number of carboxylic acid groups (broad SMARTS) is 2. The van der Waals surface area contributed by atoms with Crippen LogP contribution in [0.25, 0.3) is 0 Å². The molecule has 1 atom stereocenters. The number of rotatable bonds is 9. The van der Waals surface area contributed by atoms with Gasteiger partial charge in [0.1, 0.15) is 0 Å². The van der Waals surface area contributed by atoms with E-state index in [9.17, 15) is 19.5 Å². The SMILES string of the molecule is COc1cc(NC(=O)C[C@@H](CC(=O)O)c2ccccc2)c(C(=O)O)cc1OC. The zero-order valence-corrected chi connectivity index (χ0v) is 15.5. The molecule has 0 spiro atoms. The molecule has 2 aromatic rings. The van der Waals surface area contributed by atoms with Gasteiger partial charge in [0.25, 0.3) is 0 Å². The first-order valence-electron chi connectivity index (χ1n) is 8.41. The second-order valence-corrected chi connectivity index (χ2v) is 6.02. The molecule has 3 N–H and O–H groups in total. The molecule has 148 valence electrons. The van der Waals surface area contributed by atoms with Gasteiger partial charge < -0.3 is 25.0 Å². The first-order valence-corrected chi connectivity index (χ1v) is 8.41. The number of hydrogen-bond donors (Lipinski definition) is 3. The highest BCUT2D eigenvalue weighted by Crippen LogP contribution is 2.34. The van der Waals surface area contributed by atoms with Crippen molar-refractivity contribution < 1.29 is 34.1 Å². The van der Waals surface area contributed by atoms with E-state index in [0.29, 0.717) is 5.56 Å². The molecule has 0 aliphatic rings. The van der Waals surface area contributed by atoms with Gasteiger partial charge in [0.2, 0.25) is 5.91 Å². The molecule has 0 bridgehead atoms. The van der Waals surface area contributed by atoms with Gasteiger partial charge in [-0.25, -0.2) is 4.79 Å². The Hall–Kier alpha value is -3.55. The van der Waals surface area contributed by atoms with E-state index in [1.165, 1.54) is 26.4 Å². The van der Waals surface area contributed by atoms with E-state index in [1.54, 1.807) is 30.3 Å². The van der Waals surface area contributed by atoms with Gasteiger partial charge in [-0.15, -0.1) is 0 Å². The molecule has 8 heteroatoms. The van der Waals surface area contributed by atoms with E-state index in [2.05, 4.69) is 5.32 Å². The Morgan fingerprint density at radius 3 is 2.11 bits per heavy atom. The molecule has 28 heavy (non-hydrogen) atoms. The van der Waals surface area contributed by atoms with Crippen molar-refractivity contribution in [1.29, 1.82) is 0 Å². The number of methoxy groups -OCH3 is 2. The van der Waals surface area contributed by atoms with Crippen molar-refractivity contribution in [2.75, 3.05) is 19.5 Å². The summed E-state index contributed by atoms with van der Waals surface area (Å²) in [7, 11) is 2.76. The lowest BCUT2D eigenvalue weighted by molar-refractivity contribution is -0.137. The minimum absolute atomic E-state index is 0.0392. The van der Waals surface area contributed by atoms with Crippen molar-refractivity contribution >= 4 is 23.5 Å². The zero-order chi connectivity index (χ0) is 20.7. The summed E-state index contributed by atoms with van der Waals surface area (Å²) in [6, 6.07) is 11.4. The number of benzene rings is 2. The summed E-state index contributed by atoms with van der Waals surface area (Å²) < 4.78 is 10.2. The summed E-state index contributed by atoms with van der Waals surface area (Å²) >= 11 is 0. The van der Waals surface area contributed by atoms with Crippen molar-refractivity contribution in [3.8, 4) is 11.5 Å². The number of ether oxygens (including phenoxy) is 2. The van der Waals surface area contributed by atoms with Crippen LogP contribution in [0.15, 0.2) is 42.5 Å². The standard InChI is InChI=1S/C20H21NO7/c1-27-16-10-14(20(25)26)15(11-17(16)28-2)21-18(22)8-13(9-19(23)24)12-6-4-3-5-7-12/h3-7,10-11,13H,8-9H2,1-2H3,(H,21,22)(H,23,24)(H,25,26)/t13-/m0/s1. The van der Waals surface area contributed by atoms with Crippen molar-refractivity contribution in [3.05, 3.63) is 53.6 Å². The van der Waals surface area contributed by atoms with Crippen LogP contribution in [0.3, 0.4) is 0 Å². The third-order valence-electron chi connectivity index (χ3n) is 4.15. The summed E-state index contributed by atoms with van der Waals surface area (Å²) in [5.41, 5.74) is 0.587. The molecule has 0 aliphatic heterocycles. The van der Waals surface area contributed by atoms with E-state index in [1.807, 2.05) is 0 Å². The molecule has 0 radical (unpaired) electrons. The van der Waals surface area contributed by atoms with E-state index in [-0.39, 0.29) is 35.6 Å². The Morgan fingerprint density at radius 2 is 1.57 bits per heavy atom. The molecular formula is C20H21NO7. The highest BCUT2D eigenvalue weighted by atomic mass is 16.5. The Labute approximate surface area is 161 Å².